The summed E-state index contributed by atoms with van der Waals surface area (Å²) in [5.74, 6) is 4.19. The van der Waals surface area contributed by atoms with Crippen LogP contribution in [0.15, 0.2) is 6.33 Å². The molecule has 0 bridgehead atoms. The maximum absolute atomic E-state index is 4.31. The lowest BCUT2D eigenvalue weighted by Gasteiger charge is -2.18. The Morgan fingerprint density at radius 1 is 1.39 bits per heavy atom. The lowest BCUT2D eigenvalue weighted by Crippen LogP contribution is -2.35. The van der Waals surface area contributed by atoms with Crippen LogP contribution in [0.2, 0.25) is 0 Å². The van der Waals surface area contributed by atoms with Gasteiger partial charge in [-0.15, -0.1) is 0 Å². The summed E-state index contributed by atoms with van der Waals surface area (Å²) in [4.78, 5) is 4.31. The van der Waals surface area contributed by atoms with E-state index in [4.69, 9.17) is 0 Å². The van der Waals surface area contributed by atoms with Crippen LogP contribution < -0.4 is 5.32 Å². The van der Waals surface area contributed by atoms with E-state index < -0.39 is 0 Å². The molecule has 5 heteroatoms. The van der Waals surface area contributed by atoms with Crippen molar-refractivity contribution in [2.75, 3.05) is 18.1 Å². The second-order valence-electron chi connectivity index (χ2n) is 5.09. The second kappa shape index (κ2) is 8.53. The average Bonchev–Trinajstić information content (AvgIpc) is 2.71. The molecule has 18 heavy (non-hydrogen) atoms. The molecule has 1 aromatic heterocycles. The van der Waals surface area contributed by atoms with Gasteiger partial charge in [-0.3, -0.25) is 4.68 Å². The monoisotopic (exact) mass is 270 g/mol. The Morgan fingerprint density at radius 3 is 2.72 bits per heavy atom. The van der Waals surface area contributed by atoms with Gasteiger partial charge in [0.05, 0.1) is 0 Å². The Balaban J connectivity index is 2.42. The van der Waals surface area contributed by atoms with E-state index in [1.54, 1.807) is 6.33 Å². The lowest BCUT2D eigenvalue weighted by atomic mass is 10.2. The summed E-state index contributed by atoms with van der Waals surface area (Å²) in [5, 5.41) is 7.74. The molecule has 0 aliphatic heterocycles. The van der Waals surface area contributed by atoms with Gasteiger partial charge in [-0.1, -0.05) is 20.8 Å². The first kappa shape index (κ1) is 15.5. The zero-order valence-electron chi connectivity index (χ0n) is 12.0. The van der Waals surface area contributed by atoms with Crippen molar-refractivity contribution in [3.05, 3.63) is 12.2 Å². The van der Waals surface area contributed by atoms with E-state index in [1.165, 1.54) is 12.2 Å². The highest BCUT2D eigenvalue weighted by Crippen LogP contribution is 2.11. The van der Waals surface area contributed by atoms with Crippen molar-refractivity contribution in [2.24, 2.45) is 13.0 Å². The summed E-state index contributed by atoms with van der Waals surface area (Å²) < 4.78 is 1.87. The van der Waals surface area contributed by atoms with Crippen LogP contribution in [-0.4, -0.2) is 38.9 Å². The van der Waals surface area contributed by atoms with Crippen LogP contribution in [0, 0.1) is 5.92 Å². The van der Waals surface area contributed by atoms with E-state index >= 15 is 0 Å². The molecule has 104 valence electrons. The Bertz CT molecular complexity index is 325. The fourth-order valence-electron chi connectivity index (χ4n) is 1.71. The number of rotatable bonds is 9. The first-order valence-corrected chi connectivity index (χ1v) is 7.93. The molecule has 1 rings (SSSR count). The first-order chi connectivity index (χ1) is 8.63. The van der Waals surface area contributed by atoms with Crippen LogP contribution in [-0.2, 0) is 13.5 Å². The maximum Gasteiger partial charge on any atom is 0.138 e. The quantitative estimate of drug-likeness (QED) is 0.746. The SMILES string of the molecule is CCCNC(CSCC(C)C)Cc1ncnn1C. The Kier molecular flexibility index (Phi) is 7.35. The van der Waals surface area contributed by atoms with E-state index in [0.717, 1.165) is 30.5 Å². The van der Waals surface area contributed by atoms with Crippen molar-refractivity contribution in [1.82, 2.24) is 20.1 Å². The minimum atomic E-state index is 0.497. The summed E-state index contributed by atoms with van der Waals surface area (Å²) in [6, 6.07) is 0.497. The third-order valence-corrected chi connectivity index (χ3v) is 4.23. The standard InChI is InChI=1S/C13H26N4S/c1-5-6-14-12(9-18-8-11(2)3)7-13-15-10-16-17(13)4/h10-12,14H,5-9H2,1-4H3. The molecule has 0 amide bonds. The molecule has 1 unspecified atom stereocenters. The van der Waals surface area contributed by atoms with Crippen molar-refractivity contribution < 1.29 is 0 Å². The molecular weight excluding hydrogens is 244 g/mol. The van der Waals surface area contributed by atoms with E-state index in [2.05, 4.69) is 36.2 Å². The Morgan fingerprint density at radius 2 is 2.17 bits per heavy atom. The van der Waals surface area contributed by atoms with Gasteiger partial charge in [-0.2, -0.15) is 16.9 Å². The third kappa shape index (κ3) is 5.87. The molecule has 0 saturated heterocycles. The van der Waals surface area contributed by atoms with Gasteiger partial charge in [0.25, 0.3) is 0 Å². The largest absolute Gasteiger partial charge is 0.313 e. The van der Waals surface area contributed by atoms with Crippen molar-refractivity contribution >= 4 is 11.8 Å². The van der Waals surface area contributed by atoms with Crippen LogP contribution >= 0.6 is 11.8 Å². The molecule has 0 aliphatic rings. The van der Waals surface area contributed by atoms with Gasteiger partial charge in [-0.05, 0) is 24.6 Å². The number of nitrogens with zero attached hydrogens (tertiary/aromatic N) is 3. The van der Waals surface area contributed by atoms with E-state index in [-0.39, 0.29) is 0 Å². The fourth-order valence-corrected chi connectivity index (χ4v) is 2.84. The number of thioether (sulfide) groups is 1. The lowest BCUT2D eigenvalue weighted by molar-refractivity contribution is 0.525. The molecule has 1 heterocycles. The van der Waals surface area contributed by atoms with Gasteiger partial charge in [-0.25, -0.2) is 4.98 Å². The molecule has 4 nitrogen and oxygen atoms in total. The van der Waals surface area contributed by atoms with Crippen molar-refractivity contribution in [3.8, 4) is 0 Å². The molecule has 1 aromatic rings. The van der Waals surface area contributed by atoms with Gasteiger partial charge in [0, 0.05) is 25.3 Å². The molecule has 0 spiro atoms. The Labute approximate surface area is 115 Å². The molecule has 0 saturated carbocycles. The van der Waals surface area contributed by atoms with Gasteiger partial charge in [0.15, 0.2) is 0 Å². The topological polar surface area (TPSA) is 42.7 Å². The van der Waals surface area contributed by atoms with Gasteiger partial charge in [0.2, 0.25) is 0 Å². The number of aromatic nitrogens is 3. The molecule has 0 aliphatic carbocycles. The third-order valence-electron chi connectivity index (χ3n) is 2.69. The van der Waals surface area contributed by atoms with Crippen LogP contribution in [0.5, 0.6) is 0 Å². The molecule has 0 aromatic carbocycles. The van der Waals surface area contributed by atoms with Gasteiger partial charge >= 0.3 is 0 Å². The van der Waals surface area contributed by atoms with Crippen LogP contribution in [0.4, 0.5) is 0 Å². The average molecular weight is 270 g/mol. The zero-order valence-corrected chi connectivity index (χ0v) is 12.8. The fraction of sp³-hybridized carbons (Fsp3) is 0.846. The van der Waals surface area contributed by atoms with Crippen LogP contribution in [0.3, 0.4) is 0 Å². The van der Waals surface area contributed by atoms with Crippen LogP contribution in [0.25, 0.3) is 0 Å². The summed E-state index contributed by atoms with van der Waals surface area (Å²) in [5.41, 5.74) is 0. The number of hydrogen-bond acceptors (Lipinski definition) is 4. The minimum absolute atomic E-state index is 0.497. The maximum atomic E-state index is 4.31. The normalized spacial score (nSPS) is 13.2. The number of hydrogen-bond donors (Lipinski definition) is 1. The predicted octanol–water partition coefficient (Wildman–Crippen LogP) is 2.11. The highest BCUT2D eigenvalue weighted by atomic mass is 32.2. The van der Waals surface area contributed by atoms with Crippen molar-refractivity contribution in [1.29, 1.82) is 0 Å². The van der Waals surface area contributed by atoms with E-state index in [9.17, 15) is 0 Å². The molecular formula is C13H26N4S. The molecule has 1 atom stereocenters. The summed E-state index contributed by atoms with van der Waals surface area (Å²) >= 11 is 2.03. The molecule has 1 N–H and O–H groups in total. The summed E-state index contributed by atoms with van der Waals surface area (Å²) in [7, 11) is 1.96. The van der Waals surface area contributed by atoms with Gasteiger partial charge < -0.3 is 5.32 Å². The van der Waals surface area contributed by atoms with E-state index in [0.29, 0.717) is 6.04 Å². The molecule has 0 fully saturated rings. The summed E-state index contributed by atoms with van der Waals surface area (Å²) in [6.45, 7) is 7.81. The van der Waals surface area contributed by atoms with Gasteiger partial charge in [0.1, 0.15) is 12.2 Å². The Hall–Kier alpha value is -0.550. The highest BCUT2D eigenvalue weighted by molar-refractivity contribution is 7.99. The van der Waals surface area contributed by atoms with E-state index in [1.807, 2.05) is 23.5 Å². The van der Waals surface area contributed by atoms with Crippen LogP contribution in [0.1, 0.15) is 33.0 Å². The number of nitrogens with one attached hydrogen (secondary N) is 1. The molecule has 0 radical (unpaired) electrons. The highest BCUT2D eigenvalue weighted by Gasteiger charge is 2.12. The smallest absolute Gasteiger partial charge is 0.138 e. The first-order valence-electron chi connectivity index (χ1n) is 6.77. The predicted molar refractivity (Wildman–Crippen MR) is 79.0 cm³/mol. The van der Waals surface area contributed by atoms with Crippen molar-refractivity contribution in [2.45, 2.75) is 39.7 Å². The second-order valence-corrected chi connectivity index (χ2v) is 6.16. The number of aryl methyl sites for hydroxylation is 1. The minimum Gasteiger partial charge on any atom is -0.313 e. The summed E-state index contributed by atoms with van der Waals surface area (Å²) in [6.07, 6.45) is 3.76. The zero-order chi connectivity index (χ0) is 13.4. The van der Waals surface area contributed by atoms with Crippen molar-refractivity contribution in [3.63, 3.8) is 0 Å².